The van der Waals surface area contributed by atoms with Crippen molar-refractivity contribution in [1.82, 2.24) is 0 Å². The summed E-state index contributed by atoms with van der Waals surface area (Å²) in [4.78, 5) is 21.9. The molecule has 0 aliphatic carbocycles. The Balaban J connectivity index is 2.63. The van der Waals surface area contributed by atoms with Crippen molar-refractivity contribution >= 4 is 29.3 Å². The lowest BCUT2D eigenvalue weighted by Crippen LogP contribution is -2.20. The van der Waals surface area contributed by atoms with Gasteiger partial charge in [0.25, 0.3) is 0 Å². The molecule has 0 spiro atoms. The Labute approximate surface area is 111 Å². The quantitative estimate of drug-likeness (QED) is 0.817. The Morgan fingerprint density at radius 1 is 1.32 bits per heavy atom. The minimum atomic E-state index is -1.68. The number of thioether (sulfide) groups is 1. The largest absolute Gasteiger partial charge is 0.480 e. The second kappa shape index (κ2) is 6.46. The third kappa shape index (κ3) is 4.16. The van der Waals surface area contributed by atoms with Crippen LogP contribution in [0.25, 0.3) is 0 Å². The van der Waals surface area contributed by atoms with Crippen LogP contribution in [-0.4, -0.2) is 28.0 Å². The van der Waals surface area contributed by atoms with E-state index in [1.165, 1.54) is 6.92 Å². The van der Waals surface area contributed by atoms with Crippen LogP contribution in [0.15, 0.2) is 12.1 Å². The number of nitrogens with one attached hydrogen (secondary N) is 1. The van der Waals surface area contributed by atoms with E-state index in [1.54, 1.807) is 0 Å². The Bertz CT molecular complexity index is 510. The van der Waals surface area contributed by atoms with E-state index in [-0.39, 0.29) is 5.75 Å². The molecule has 1 unspecified atom stereocenters. The van der Waals surface area contributed by atoms with E-state index in [0.717, 1.165) is 17.8 Å². The lowest BCUT2D eigenvalue weighted by molar-refractivity contribution is -0.136. The second-order valence-electron chi connectivity index (χ2n) is 3.56. The molecule has 0 saturated heterocycles. The fourth-order valence-electron chi connectivity index (χ4n) is 1.08. The van der Waals surface area contributed by atoms with Crippen molar-refractivity contribution in [2.24, 2.45) is 0 Å². The average molecular weight is 293 g/mol. The first kappa shape index (κ1) is 15.4. The number of carboxylic acid groups (broad SMARTS) is 1. The highest BCUT2D eigenvalue weighted by molar-refractivity contribution is 8.01. The average Bonchev–Trinajstić information content (AvgIpc) is 2.36. The van der Waals surface area contributed by atoms with Gasteiger partial charge in [-0.05, 0) is 19.1 Å². The maximum absolute atomic E-state index is 13.2. The van der Waals surface area contributed by atoms with Gasteiger partial charge in [-0.3, -0.25) is 9.59 Å². The SMILES string of the molecule is CC(SCC(=O)Nc1ccc(F)c(F)c1F)C(=O)O. The van der Waals surface area contributed by atoms with Crippen LogP contribution in [0.5, 0.6) is 0 Å². The number of aliphatic carboxylic acids is 1. The monoisotopic (exact) mass is 293 g/mol. The number of carbonyl (C=O) groups is 2. The van der Waals surface area contributed by atoms with Crippen molar-refractivity contribution in [1.29, 1.82) is 0 Å². The van der Waals surface area contributed by atoms with Crippen LogP contribution >= 0.6 is 11.8 Å². The summed E-state index contributed by atoms with van der Waals surface area (Å²) in [5, 5.41) is 9.82. The standard InChI is InChI=1S/C11H10F3NO3S/c1-5(11(17)18)19-4-8(16)15-7-3-2-6(12)9(13)10(7)14/h2-3,5H,4H2,1H3,(H,15,16)(H,17,18). The summed E-state index contributed by atoms with van der Waals surface area (Å²) < 4.78 is 38.7. The second-order valence-corrected chi connectivity index (χ2v) is 4.89. The molecule has 1 aromatic carbocycles. The number of halogens is 3. The molecule has 1 amide bonds. The summed E-state index contributed by atoms with van der Waals surface area (Å²) >= 11 is 0.823. The van der Waals surface area contributed by atoms with Gasteiger partial charge in [0.1, 0.15) is 0 Å². The predicted octanol–water partition coefficient (Wildman–Crippen LogP) is 2.25. The summed E-state index contributed by atoms with van der Waals surface area (Å²) in [6, 6.07) is 1.57. The highest BCUT2D eigenvalue weighted by atomic mass is 32.2. The molecule has 104 valence electrons. The number of amides is 1. The number of carboxylic acids is 1. The van der Waals surface area contributed by atoms with Crippen LogP contribution in [0.3, 0.4) is 0 Å². The minimum absolute atomic E-state index is 0.244. The first-order valence-corrected chi connectivity index (χ1v) is 6.15. The molecule has 0 radical (unpaired) electrons. The zero-order valence-corrected chi connectivity index (χ0v) is 10.6. The number of benzene rings is 1. The fourth-order valence-corrected chi connectivity index (χ4v) is 1.70. The first-order valence-electron chi connectivity index (χ1n) is 5.10. The summed E-state index contributed by atoms with van der Waals surface area (Å²) in [5.74, 6) is -6.57. The Kier molecular flexibility index (Phi) is 5.22. The van der Waals surface area contributed by atoms with Crippen LogP contribution in [0.4, 0.5) is 18.9 Å². The predicted molar refractivity (Wildman–Crippen MR) is 64.5 cm³/mol. The molecule has 1 atom stereocenters. The van der Waals surface area contributed by atoms with Gasteiger partial charge >= 0.3 is 5.97 Å². The van der Waals surface area contributed by atoms with Gasteiger partial charge in [-0.1, -0.05) is 0 Å². The van der Waals surface area contributed by atoms with Gasteiger partial charge < -0.3 is 10.4 Å². The van der Waals surface area contributed by atoms with Crippen LogP contribution in [-0.2, 0) is 9.59 Å². The van der Waals surface area contributed by atoms with Gasteiger partial charge in [0.2, 0.25) is 5.91 Å². The fraction of sp³-hybridized carbons (Fsp3) is 0.273. The number of hydrogen-bond acceptors (Lipinski definition) is 3. The zero-order chi connectivity index (χ0) is 14.6. The topological polar surface area (TPSA) is 66.4 Å². The molecule has 0 bridgehead atoms. The van der Waals surface area contributed by atoms with Crippen molar-refractivity contribution in [2.45, 2.75) is 12.2 Å². The van der Waals surface area contributed by atoms with E-state index in [1.807, 2.05) is 5.32 Å². The molecular weight excluding hydrogens is 283 g/mol. The van der Waals surface area contributed by atoms with E-state index in [9.17, 15) is 22.8 Å². The summed E-state index contributed by atoms with van der Waals surface area (Å²) in [5.41, 5.74) is -0.493. The normalized spacial score (nSPS) is 12.0. The Morgan fingerprint density at radius 3 is 2.53 bits per heavy atom. The smallest absolute Gasteiger partial charge is 0.316 e. The third-order valence-corrected chi connectivity index (χ3v) is 3.25. The van der Waals surface area contributed by atoms with Crippen molar-refractivity contribution in [2.75, 3.05) is 11.1 Å². The molecule has 1 aromatic rings. The van der Waals surface area contributed by atoms with Crippen LogP contribution < -0.4 is 5.32 Å². The maximum atomic E-state index is 13.2. The summed E-state index contributed by atoms with van der Waals surface area (Å²) in [6.45, 7) is 1.39. The van der Waals surface area contributed by atoms with Gasteiger partial charge in [-0.2, -0.15) is 0 Å². The molecule has 1 rings (SSSR count). The number of hydrogen-bond donors (Lipinski definition) is 2. The highest BCUT2D eigenvalue weighted by Crippen LogP contribution is 2.20. The van der Waals surface area contributed by atoms with Crippen LogP contribution in [0.1, 0.15) is 6.92 Å². The van der Waals surface area contributed by atoms with Gasteiger partial charge in [0.05, 0.1) is 16.7 Å². The molecule has 19 heavy (non-hydrogen) atoms. The van der Waals surface area contributed by atoms with E-state index in [0.29, 0.717) is 6.07 Å². The molecule has 0 aliphatic heterocycles. The summed E-state index contributed by atoms with van der Waals surface area (Å²) in [7, 11) is 0. The number of carbonyl (C=O) groups excluding carboxylic acids is 1. The van der Waals surface area contributed by atoms with Crippen LogP contribution in [0, 0.1) is 17.5 Å². The lowest BCUT2D eigenvalue weighted by Gasteiger charge is -2.08. The molecule has 2 N–H and O–H groups in total. The van der Waals surface area contributed by atoms with Crippen molar-refractivity contribution in [3.63, 3.8) is 0 Å². The van der Waals surface area contributed by atoms with Gasteiger partial charge in [0, 0.05) is 0 Å². The van der Waals surface area contributed by atoms with Crippen molar-refractivity contribution < 1.29 is 27.9 Å². The molecule has 0 aliphatic rings. The van der Waals surface area contributed by atoms with Gasteiger partial charge in [-0.15, -0.1) is 11.8 Å². The summed E-state index contributed by atoms with van der Waals surface area (Å²) in [6.07, 6.45) is 0. The molecule has 0 saturated carbocycles. The third-order valence-electron chi connectivity index (χ3n) is 2.12. The van der Waals surface area contributed by atoms with Gasteiger partial charge in [-0.25, -0.2) is 13.2 Å². The van der Waals surface area contributed by atoms with E-state index in [4.69, 9.17) is 5.11 Å². The molecule has 0 aromatic heterocycles. The molecular formula is C11H10F3NO3S. The van der Waals surface area contributed by atoms with E-state index < -0.39 is 40.3 Å². The van der Waals surface area contributed by atoms with E-state index in [2.05, 4.69) is 0 Å². The van der Waals surface area contributed by atoms with Crippen molar-refractivity contribution in [3.8, 4) is 0 Å². The van der Waals surface area contributed by atoms with Crippen molar-refractivity contribution in [3.05, 3.63) is 29.6 Å². The molecule has 8 heteroatoms. The number of rotatable bonds is 5. The van der Waals surface area contributed by atoms with Crippen LogP contribution in [0.2, 0.25) is 0 Å². The Hall–Kier alpha value is -1.70. The minimum Gasteiger partial charge on any atom is -0.480 e. The first-order chi connectivity index (χ1) is 8.82. The van der Waals surface area contributed by atoms with Gasteiger partial charge in [0.15, 0.2) is 17.5 Å². The molecule has 0 heterocycles. The maximum Gasteiger partial charge on any atom is 0.316 e. The zero-order valence-electron chi connectivity index (χ0n) is 9.75. The lowest BCUT2D eigenvalue weighted by atomic mass is 10.3. The van der Waals surface area contributed by atoms with E-state index >= 15 is 0 Å². The molecule has 4 nitrogen and oxygen atoms in total. The number of anilines is 1. The highest BCUT2D eigenvalue weighted by Gasteiger charge is 2.17. The molecule has 0 fully saturated rings. The Morgan fingerprint density at radius 2 is 1.95 bits per heavy atom.